The maximum absolute atomic E-state index is 12.9. The van der Waals surface area contributed by atoms with Gasteiger partial charge < -0.3 is 24.1 Å². The number of benzene rings is 2. The Morgan fingerprint density at radius 2 is 1.82 bits per heavy atom. The normalized spacial score (nSPS) is 15.7. The minimum Gasteiger partial charge on any atom is -0.497 e. The van der Waals surface area contributed by atoms with E-state index < -0.39 is 6.04 Å². The molecule has 1 unspecified atom stereocenters. The van der Waals surface area contributed by atoms with Crippen LogP contribution in [0.15, 0.2) is 65.3 Å². The van der Waals surface area contributed by atoms with Gasteiger partial charge in [-0.25, -0.2) is 4.79 Å². The zero-order valence-electron chi connectivity index (χ0n) is 19.5. The second-order valence-corrected chi connectivity index (χ2v) is 7.55. The second kappa shape index (κ2) is 9.70. The van der Waals surface area contributed by atoms with Gasteiger partial charge in [-0.3, -0.25) is 4.90 Å². The van der Waals surface area contributed by atoms with Crippen LogP contribution in [0.5, 0.6) is 17.2 Å². The van der Waals surface area contributed by atoms with E-state index in [0.29, 0.717) is 41.0 Å². The SMILES string of the molecule is C=CCN1C(=O)NC(c2ccc(OC)c(OC)c2)C(c2nc(-c3ccc(OC)cc3)no2)=C1C. The zero-order valence-corrected chi connectivity index (χ0v) is 19.5. The number of methoxy groups -OCH3 is 3. The summed E-state index contributed by atoms with van der Waals surface area (Å²) in [5.41, 5.74) is 2.93. The zero-order chi connectivity index (χ0) is 24.2. The van der Waals surface area contributed by atoms with Gasteiger partial charge in [0.2, 0.25) is 5.82 Å². The van der Waals surface area contributed by atoms with Gasteiger partial charge >= 0.3 is 6.03 Å². The van der Waals surface area contributed by atoms with Crippen LogP contribution in [-0.4, -0.2) is 48.9 Å². The number of carbonyl (C=O) groups is 1. The average Bonchev–Trinajstić information content (AvgIpc) is 3.35. The Labute approximate surface area is 197 Å². The van der Waals surface area contributed by atoms with Crippen LogP contribution in [0.4, 0.5) is 4.79 Å². The molecule has 0 radical (unpaired) electrons. The van der Waals surface area contributed by atoms with E-state index >= 15 is 0 Å². The third kappa shape index (κ3) is 4.19. The van der Waals surface area contributed by atoms with E-state index in [1.54, 1.807) is 38.4 Å². The molecule has 1 atom stereocenters. The van der Waals surface area contributed by atoms with Crippen molar-refractivity contribution < 1.29 is 23.5 Å². The number of allylic oxidation sites excluding steroid dienone is 1. The van der Waals surface area contributed by atoms with Crippen LogP contribution in [0.2, 0.25) is 0 Å². The molecule has 0 saturated heterocycles. The van der Waals surface area contributed by atoms with Gasteiger partial charge in [0.15, 0.2) is 11.5 Å². The van der Waals surface area contributed by atoms with Gasteiger partial charge in [-0.1, -0.05) is 17.3 Å². The molecule has 2 heterocycles. The Morgan fingerprint density at radius 1 is 1.09 bits per heavy atom. The minimum atomic E-state index is -0.544. The number of aromatic nitrogens is 2. The van der Waals surface area contributed by atoms with Crippen LogP contribution in [0.1, 0.15) is 24.4 Å². The topological polar surface area (TPSA) is 99.0 Å². The number of hydrogen-bond donors (Lipinski definition) is 1. The first-order valence-electron chi connectivity index (χ1n) is 10.6. The third-order valence-corrected chi connectivity index (χ3v) is 5.65. The van der Waals surface area contributed by atoms with Gasteiger partial charge in [-0.05, 0) is 48.9 Å². The van der Waals surface area contributed by atoms with Crippen molar-refractivity contribution in [3.05, 3.63) is 72.3 Å². The van der Waals surface area contributed by atoms with E-state index in [1.807, 2.05) is 43.3 Å². The van der Waals surface area contributed by atoms with E-state index in [0.717, 1.165) is 16.9 Å². The highest BCUT2D eigenvalue weighted by Crippen LogP contribution is 2.40. The Hall–Kier alpha value is -4.27. The van der Waals surface area contributed by atoms with Crippen LogP contribution in [0.3, 0.4) is 0 Å². The van der Waals surface area contributed by atoms with Crippen LogP contribution in [-0.2, 0) is 0 Å². The Morgan fingerprint density at radius 3 is 2.47 bits per heavy atom. The van der Waals surface area contributed by atoms with Crippen LogP contribution in [0, 0.1) is 0 Å². The van der Waals surface area contributed by atoms with Gasteiger partial charge in [0.1, 0.15) is 5.75 Å². The lowest BCUT2D eigenvalue weighted by Gasteiger charge is -2.34. The van der Waals surface area contributed by atoms with Crippen molar-refractivity contribution in [2.24, 2.45) is 0 Å². The lowest BCUT2D eigenvalue weighted by atomic mass is 9.94. The highest BCUT2D eigenvalue weighted by atomic mass is 16.5. The number of ether oxygens (including phenoxy) is 3. The molecule has 1 N–H and O–H groups in total. The fraction of sp³-hybridized carbons (Fsp3) is 0.240. The fourth-order valence-corrected chi connectivity index (χ4v) is 3.88. The lowest BCUT2D eigenvalue weighted by molar-refractivity contribution is 0.209. The Bertz CT molecular complexity index is 1230. The summed E-state index contributed by atoms with van der Waals surface area (Å²) in [4.78, 5) is 19.1. The highest BCUT2D eigenvalue weighted by molar-refractivity contribution is 5.87. The highest BCUT2D eigenvalue weighted by Gasteiger charge is 2.35. The molecule has 1 aliphatic heterocycles. The fourth-order valence-electron chi connectivity index (χ4n) is 3.88. The summed E-state index contributed by atoms with van der Waals surface area (Å²) in [6, 6.07) is 12.0. The quantitative estimate of drug-likeness (QED) is 0.494. The van der Waals surface area contributed by atoms with Crippen LogP contribution in [0.25, 0.3) is 17.0 Å². The summed E-state index contributed by atoms with van der Waals surface area (Å²) in [5, 5.41) is 7.21. The van der Waals surface area contributed by atoms with Gasteiger partial charge in [0, 0.05) is 17.8 Å². The van der Waals surface area contributed by atoms with E-state index in [-0.39, 0.29) is 6.03 Å². The molecular formula is C25H26N4O5. The van der Waals surface area contributed by atoms with Crippen molar-refractivity contribution in [2.45, 2.75) is 13.0 Å². The van der Waals surface area contributed by atoms with Crippen molar-refractivity contribution in [1.82, 2.24) is 20.4 Å². The molecule has 1 aliphatic rings. The second-order valence-electron chi connectivity index (χ2n) is 7.55. The Kier molecular flexibility index (Phi) is 6.53. The minimum absolute atomic E-state index is 0.254. The molecule has 9 nitrogen and oxygen atoms in total. The van der Waals surface area contributed by atoms with E-state index in [1.165, 1.54) is 0 Å². The molecule has 0 spiro atoms. The van der Waals surface area contributed by atoms with Gasteiger partial charge in [-0.2, -0.15) is 4.98 Å². The summed E-state index contributed by atoms with van der Waals surface area (Å²) >= 11 is 0. The number of hydrogen-bond acceptors (Lipinski definition) is 7. The molecule has 0 fully saturated rings. The molecule has 0 bridgehead atoms. The first-order valence-corrected chi connectivity index (χ1v) is 10.6. The monoisotopic (exact) mass is 462 g/mol. The van der Waals surface area contributed by atoms with Gasteiger partial charge in [-0.15, -0.1) is 6.58 Å². The predicted octanol–water partition coefficient (Wildman–Crippen LogP) is 4.45. The average molecular weight is 463 g/mol. The molecular weight excluding hydrogens is 436 g/mol. The van der Waals surface area contributed by atoms with E-state index in [2.05, 4.69) is 22.0 Å². The number of carbonyl (C=O) groups excluding carboxylic acids is 1. The van der Waals surface area contributed by atoms with Crippen molar-refractivity contribution >= 4 is 11.6 Å². The molecule has 2 amide bonds. The summed E-state index contributed by atoms with van der Waals surface area (Å²) in [7, 11) is 4.74. The molecule has 9 heteroatoms. The summed E-state index contributed by atoms with van der Waals surface area (Å²) in [6.45, 7) is 5.94. The Balaban J connectivity index is 1.81. The largest absolute Gasteiger partial charge is 0.497 e. The van der Waals surface area contributed by atoms with Gasteiger partial charge in [0.05, 0.1) is 32.9 Å². The first-order chi connectivity index (χ1) is 16.5. The van der Waals surface area contributed by atoms with Crippen molar-refractivity contribution in [3.63, 3.8) is 0 Å². The molecule has 34 heavy (non-hydrogen) atoms. The molecule has 4 rings (SSSR count). The number of nitrogens with zero attached hydrogens (tertiary/aromatic N) is 3. The first kappa shape index (κ1) is 22.9. The third-order valence-electron chi connectivity index (χ3n) is 5.65. The maximum Gasteiger partial charge on any atom is 0.322 e. The molecule has 0 saturated carbocycles. The van der Waals surface area contributed by atoms with Crippen molar-refractivity contribution in [3.8, 4) is 28.6 Å². The number of nitrogens with one attached hydrogen (secondary N) is 1. The lowest BCUT2D eigenvalue weighted by Crippen LogP contribution is -2.46. The number of urea groups is 1. The molecule has 0 aliphatic carbocycles. The standard InChI is InChI=1S/C25H26N4O5/c1-6-13-29-15(2)21(24-27-23(28-34-24)16-7-10-18(31-3)11-8-16)22(26-25(29)30)17-9-12-19(32-4)20(14-17)33-5/h6-12,14,22H,1,13H2,2-5H3,(H,26,30). The van der Waals surface area contributed by atoms with E-state index in [4.69, 9.17) is 18.7 Å². The molecule has 3 aromatic rings. The summed E-state index contributed by atoms with van der Waals surface area (Å²) in [5.74, 6) is 2.59. The molecule has 2 aromatic carbocycles. The van der Waals surface area contributed by atoms with Crippen LogP contribution < -0.4 is 19.5 Å². The summed E-state index contributed by atoms with van der Waals surface area (Å²) < 4.78 is 21.7. The number of rotatable bonds is 8. The maximum atomic E-state index is 12.9. The summed E-state index contributed by atoms with van der Waals surface area (Å²) in [6.07, 6.45) is 1.66. The molecule has 1 aromatic heterocycles. The molecule has 176 valence electrons. The van der Waals surface area contributed by atoms with Crippen molar-refractivity contribution in [2.75, 3.05) is 27.9 Å². The smallest absolute Gasteiger partial charge is 0.322 e. The number of amides is 2. The van der Waals surface area contributed by atoms with Gasteiger partial charge in [0.25, 0.3) is 5.89 Å². The van der Waals surface area contributed by atoms with Crippen LogP contribution >= 0.6 is 0 Å². The van der Waals surface area contributed by atoms with Crippen molar-refractivity contribution in [1.29, 1.82) is 0 Å². The van der Waals surface area contributed by atoms with E-state index in [9.17, 15) is 4.79 Å². The predicted molar refractivity (Wildman–Crippen MR) is 127 cm³/mol.